The van der Waals surface area contributed by atoms with Crippen LogP contribution in [0.4, 0.5) is 0 Å². The van der Waals surface area contributed by atoms with Gasteiger partial charge in [-0.05, 0) is 20.8 Å². The van der Waals surface area contributed by atoms with Crippen LogP contribution in [0.3, 0.4) is 0 Å². The van der Waals surface area contributed by atoms with Gasteiger partial charge in [0.15, 0.2) is 0 Å². The lowest BCUT2D eigenvalue weighted by Gasteiger charge is -2.14. The number of rotatable bonds is 6. The Morgan fingerprint density at radius 1 is 1.43 bits per heavy atom. The van der Waals surface area contributed by atoms with Gasteiger partial charge in [-0.25, -0.2) is 0 Å². The van der Waals surface area contributed by atoms with Crippen LogP contribution in [-0.2, 0) is 19.1 Å². The maximum atomic E-state index is 11.3. The minimum atomic E-state index is -0.900. The number of carbonyl (C=O) groups is 3. The van der Waals surface area contributed by atoms with Gasteiger partial charge in [0.25, 0.3) is 0 Å². The molecular weight excluding hydrogens is 186 g/mol. The molecule has 5 heteroatoms. The summed E-state index contributed by atoms with van der Waals surface area (Å²) in [4.78, 5) is 32.3. The Bertz CT molecular complexity index is 225. The topological polar surface area (TPSA) is 72.5 Å². The summed E-state index contributed by atoms with van der Waals surface area (Å²) < 4.78 is 4.86. The highest BCUT2D eigenvalue weighted by Crippen LogP contribution is 2.02. The van der Waals surface area contributed by atoms with Gasteiger partial charge in [0, 0.05) is 6.54 Å². The molecule has 0 spiro atoms. The number of ether oxygens (including phenoxy) is 1. The van der Waals surface area contributed by atoms with Crippen LogP contribution in [0.1, 0.15) is 20.8 Å². The molecule has 1 atom stereocenters. The molecule has 0 aromatic heterocycles. The van der Waals surface area contributed by atoms with Gasteiger partial charge >= 0.3 is 5.97 Å². The number of amides is 1. The van der Waals surface area contributed by atoms with Gasteiger partial charge in [0.05, 0.1) is 6.10 Å². The summed E-state index contributed by atoms with van der Waals surface area (Å²) in [5, 5.41) is 2.28. The molecule has 1 N–H and O–H groups in total. The molecule has 0 bridgehead atoms. The molecule has 0 heterocycles. The summed E-state index contributed by atoms with van der Waals surface area (Å²) in [7, 11) is 0. The Balaban J connectivity index is 4.25. The molecule has 14 heavy (non-hydrogen) atoms. The lowest BCUT2D eigenvalue weighted by Crippen LogP contribution is -2.35. The molecule has 0 aromatic carbocycles. The molecular formula is C9H15NO4. The fraction of sp³-hybridized carbons (Fsp3) is 0.667. The first-order valence-electron chi connectivity index (χ1n) is 4.37. The zero-order valence-corrected chi connectivity index (χ0v) is 8.57. The zero-order valence-electron chi connectivity index (χ0n) is 8.57. The second kappa shape index (κ2) is 6.12. The lowest BCUT2D eigenvalue weighted by atomic mass is 10.1. The molecule has 0 saturated carbocycles. The van der Waals surface area contributed by atoms with Crippen LogP contribution in [0.5, 0.6) is 0 Å². The number of Topliss-reactive ketones (excluding diaryl/α,β-unsaturated/α-hetero) is 1. The third-order valence-corrected chi connectivity index (χ3v) is 1.53. The number of carbonyl (C=O) groups excluding carboxylic acids is 3. The van der Waals surface area contributed by atoms with Crippen molar-refractivity contribution in [1.29, 1.82) is 0 Å². The molecule has 0 saturated heterocycles. The first kappa shape index (κ1) is 12.6. The quantitative estimate of drug-likeness (QED) is 0.369. The van der Waals surface area contributed by atoms with Gasteiger partial charge in [-0.2, -0.15) is 0 Å². The average molecular weight is 201 g/mol. The van der Waals surface area contributed by atoms with Crippen LogP contribution in [0, 0.1) is 5.92 Å². The molecule has 0 aliphatic rings. The van der Waals surface area contributed by atoms with Crippen LogP contribution in [0.25, 0.3) is 0 Å². The molecule has 1 amide bonds. The van der Waals surface area contributed by atoms with Crippen LogP contribution in [0.2, 0.25) is 0 Å². The number of nitrogens with one attached hydrogen (secondary N) is 1. The van der Waals surface area contributed by atoms with Gasteiger partial charge in [0.2, 0.25) is 6.41 Å². The molecule has 80 valence electrons. The minimum absolute atomic E-state index is 0.00954. The van der Waals surface area contributed by atoms with Crippen molar-refractivity contribution in [2.45, 2.75) is 26.9 Å². The first-order chi connectivity index (χ1) is 6.49. The van der Waals surface area contributed by atoms with E-state index in [2.05, 4.69) is 5.32 Å². The van der Waals surface area contributed by atoms with Crippen LogP contribution < -0.4 is 5.32 Å². The van der Waals surface area contributed by atoms with E-state index in [1.807, 2.05) is 0 Å². The minimum Gasteiger partial charge on any atom is -0.462 e. The van der Waals surface area contributed by atoms with Gasteiger partial charge in [-0.1, -0.05) is 0 Å². The second-order valence-electron chi connectivity index (χ2n) is 3.17. The van der Waals surface area contributed by atoms with Gasteiger partial charge in [0.1, 0.15) is 11.7 Å². The van der Waals surface area contributed by atoms with Crippen molar-refractivity contribution in [2.75, 3.05) is 6.54 Å². The van der Waals surface area contributed by atoms with E-state index in [9.17, 15) is 14.4 Å². The van der Waals surface area contributed by atoms with Crippen molar-refractivity contribution >= 4 is 18.2 Å². The van der Waals surface area contributed by atoms with E-state index < -0.39 is 11.9 Å². The Kier molecular flexibility index (Phi) is 5.52. The molecule has 1 unspecified atom stereocenters. The van der Waals surface area contributed by atoms with Crippen LogP contribution in [-0.4, -0.2) is 30.8 Å². The zero-order chi connectivity index (χ0) is 11.1. The lowest BCUT2D eigenvalue weighted by molar-refractivity contribution is -0.154. The summed E-state index contributed by atoms with van der Waals surface area (Å²) in [6.07, 6.45) is 0.180. The molecule has 0 aromatic rings. The monoisotopic (exact) mass is 201 g/mol. The molecule has 0 aliphatic heterocycles. The number of hydrogen-bond acceptors (Lipinski definition) is 4. The predicted octanol–water partition coefficient (Wildman–Crippen LogP) is -0.111. The van der Waals surface area contributed by atoms with E-state index in [0.29, 0.717) is 6.41 Å². The molecule has 0 fully saturated rings. The highest BCUT2D eigenvalue weighted by Gasteiger charge is 2.25. The first-order valence-corrected chi connectivity index (χ1v) is 4.37. The molecule has 0 radical (unpaired) electrons. The Morgan fingerprint density at radius 2 is 2.00 bits per heavy atom. The maximum absolute atomic E-state index is 11.3. The van der Waals surface area contributed by atoms with Crippen molar-refractivity contribution in [3.05, 3.63) is 0 Å². The second-order valence-corrected chi connectivity index (χ2v) is 3.17. The predicted molar refractivity (Wildman–Crippen MR) is 49.5 cm³/mol. The number of esters is 1. The van der Waals surface area contributed by atoms with E-state index >= 15 is 0 Å². The molecule has 0 rings (SSSR count). The van der Waals surface area contributed by atoms with Gasteiger partial charge in [-0.3, -0.25) is 14.4 Å². The summed E-state index contributed by atoms with van der Waals surface area (Å²) in [6.45, 7) is 4.67. The van der Waals surface area contributed by atoms with Crippen molar-refractivity contribution < 1.29 is 19.1 Å². The Hall–Kier alpha value is -1.39. The van der Waals surface area contributed by atoms with Gasteiger partial charge in [-0.15, -0.1) is 0 Å². The van der Waals surface area contributed by atoms with Crippen molar-refractivity contribution in [1.82, 2.24) is 5.32 Å². The SMILES string of the molecule is CC(=O)C(CNC=O)C(=O)OC(C)C. The van der Waals surface area contributed by atoms with E-state index in [4.69, 9.17) is 4.74 Å². The smallest absolute Gasteiger partial charge is 0.318 e. The summed E-state index contributed by atoms with van der Waals surface area (Å²) in [6, 6.07) is 0. The highest BCUT2D eigenvalue weighted by atomic mass is 16.5. The summed E-state index contributed by atoms with van der Waals surface area (Å²) in [5.74, 6) is -1.81. The average Bonchev–Trinajstić information content (AvgIpc) is 2.02. The Morgan fingerprint density at radius 3 is 2.36 bits per heavy atom. The maximum Gasteiger partial charge on any atom is 0.318 e. The fourth-order valence-electron chi connectivity index (χ4n) is 0.873. The van der Waals surface area contributed by atoms with Crippen molar-refractivity contribution in [3.63, 3.8) is 0 Å². The van der Waals surface area contributed by atoms with E-state index in [-0.39, 0.29) is 18.4 Å². The van der Waals surface area contributed by atoms with Crippen LogP contribution >= 0.6 is 0 Å². The number of ketones is 1. The largest absolute Gasteiger partial charge is 0.462 e. The third-order valence-electron chi connectivity index (χ3n) is 1.53. The number of hydrogen-bond donors (Lipinski definition) is 1. The standard InChI is InChI=1S/C9H15NO4/c1-6(2)14-9(13)8(7(3)12)4-10-5-11/h5-6,8H,4H2,1-3H3,(H,10,11). The van der Waals surface area contributed by atoms with Gasteiger partial charge < -0.3 is 10.1 Å². The molecule has 5 nitrogen and oxygen atoms in total. The summed E-state index contributed by atoms with van der Waals surface area (Å²) in [5.41, 5.74) is 0. The fourth-order valence-corrected chi connectivity index (χ4v) is 0.873. The van der Waals surface area contributed by atoms with Crippen molar-refractivity contribution in [2.24, 2.45) is 5.92 Å². The highest BCUT2D eigenvalue weighted by molar-refractivity contribution is 5.98. The van der Waals surface area contributed by atoms with Crippen molar-refractivity contribution in [3.8, 4) is 0 Å². The van der Waals surface area contributed by atoms with E-state index in [1.54, 1.807) is 13.8 Å². The van der Waals surface area contributed by atoms with E-state index in [1.165, 1.54) is 6.92 Å². The summed E-state index contributed by atoms with van der Waals surface area (Å²) >= 11 is 0. The molecule has 0 aliphatic carbocycles. The normalized spacial score (nSPS) is 12.0. The van der Waals surface area contributed by atoms with E-state index in [0.717, 1.165) is 0 Å². The third kappa shape index (κ3) is 4.59. The Labute approximate surface area is 82.8 Å². The van der Waals surface area contributed by atoms with Crippen LogP contribution in [0.15, 0.2) is 0 Å².